The fourth-order valence-electron chi connectivity index (χ4n) is 3.23. The highest BCUT2D eigenvalue weighted by molar-refractivity contribution is 6.08. The molecule has 0 bridgehead atoms. The van der Waals surface area contributed by atoms with Crippen molar-refractivity contribution in [3.63, 3.8) is 0 Å². The number of carbonyl (C=O) groups excluding carboxylic acids is 1. The molecule has 2 aliphatic heterocycles. The predicted octanol–water partition coefficient (Wildman–Crippen LogP) is 2.77. The number of hydrogen-bond donors (Lipinski definition) is 0. The van der Waals surface area contributed by atoms with Crippen LogP contribution in [0.5, 0.6) is 0 Å². The molecule has 0 radical (unpaired) electrons. The molecule has 22 heavy (non-hydrogen) atoms. The number of nitrogens with zero attached hydrogens (tertiary/aromatic N) is 2. The van der Waals surface area contributed by atoms with Crippen LogP contribution >= 0.6 is 0 Å². The normalized spacial score (nSPS) is 19.9. The number of aromatic nitrogens is 1. The van der Waals surface area contributed by atoms with E-state index in [1.54, 1.807) is 6.20 Å². The maximum atomic E-state index is 12.8. The van der Waals surface area contributed by atoms with Crippen molar-refractivity contribution in [3.05, 3.63) is 48.3 Å². The second-order valence-electron chi connectivity index (χ2n) is 6.47. The number of amides is 1. The van der Waals surface area contributed by atoms with E-state index in [1.807, 2.05) is 37.1 Å². The summed E-state index contributed by atoms with van der Waals surface area (Å²) in [6.07, 6.45) is 3.61. The van der Waals surface area contributed by atoms with Gasteiger partial charge in [0.2, 0.25) is 5.91 Å². The molecule has 1 aromatic carbocycles. The monoisotopic (exact) mass is 294 g/mol. The zero-order chi connectivity index (χ0) is 15.3. The van der Waals surface area contributed by atoms with Crippen molar-refractivity contribution in [3.8, 4) is 11.1 Å². The summed E-state index contributed by atoms with van der Waals surface area (Å²) in [5.41, 5.74) is 3.79. The maximum Gasteiger partial charge on any atom is 0.237 e. The molecule has 1 amide bonds. The number of rotatable bonds is 2. The summed E-state index contributed by atoms with van der Waals surface area (Å²) < 4.78 is 5.29. The molecule has 0 spiro atoms. The fraction of sp³-hybridized carbons (Fsp3) is 0.333. The number of benzene rings is 1. The first-order chi connectivity index (χ1) is 10.6. The first-order valence-electron chi connectivity index (χ1n) is 7.55. The Labute approximate surface area is 129 Å². The highest BCUT2D eigenvalue weighted by Crippen LogP contribution is 2.45. The first-order valence-corrected chi connectivity index (χ1v) is 7.55. The van der Waals surface area contributed by atoms with E-state index < -0.39 is 5.41 Å². The summed E-state index contributed by atoms with van der Waals surface area (Å²) in [7, 11) is 0. The molecule has 1 aromatic heterocycles. The van der Waals surface area contributed by atoms with E-state index in [-0.39, 0.29) is 11.9 Å². The van der Waals surface area contributed by atoms with Gasteiger partial charge in [0.05, 0.1) is 24.7 Å². The summed E-state index contributed by atoms with van der Waals surface area (Å²) >= 11 is 0. The van der Waals surface area contributed by atoms with Gasteiger partial charge in [-0.1, -0.05) is 18.2 Å². The lowest BCUT2D eigenvalue weighted by Gasteiger charge is -2.35. The van der Waals surface area contributed by atoms with Gasteiger partial charge in [-0.3, -0.25) is 9.78 Å². The quantitative estimate of drug-likeness (QED) is 0.855. The van der Waals surface area contributed by atoms with E-state index in [2.05, 4.69) is 23.2 Å². The Hall–Kier alpha value is -2.20. The average Bonchev–Trinajstić information content (AvgIpc) is 2.68. The fourth-order valence-corrected chi connectivity index (χ4v) is 3.23. The number of ether oxygens (including phenoxy) is 1. The smallest absolute Gasteiger partial charge is 0.237 e. The molecule has 0 saturated carbocycles. The third kappa shape index (κ3) is 1.80. The molecular formula is C18H18N2O2. The highest BCUT2D eigenvalue weighted by Gasteiger charge is 2.47. The van der Waals surface area contributed by atoms with Crippen LogP contribution in [0.15, 0.2) is 42.7 Å². The van der Waals surface area contributed by atoms with Crippen LogP contribution in [0.1, 0.15) is 19.4 Å². The van der Waals surface area contributed by atoms with E-state index in [0.29, 0.717) is 13.2 Å². The second-order valence-corrected chi connectivity index (χ2v) is 6.47. The van der Waals surface area contributed by atoms with Crippen LogP contribution in [0, 0.1) is 0 Å². The lowest BCUT2D eigenvalue weighted by atomic mass is 9.85. The molecule has 1 saturated heterocycles. The van der Waals surface area contributed by atoms with Gasteiger partial charge in [0, 0.05) is 23.6 Å². The highest BCUT2D eigenvalue weighted by atomic mass is 16.5. The lowest BCUT2D eigenvalue weighted by molar-refractivity contribution is -0.124. The zero-order valence-corrected chi connectivity index (χ0v) is 12.7. The van der Waals surface area contributed by atoms with Gasteiger partial charge in [-0.15, -0.1) is 0 Å². The molecule has 0 N–H and O–H groups in total. The molecule has 3 heterocycles. The summed E-state index contributed by atoms with van der Waals surface area (Å²) in [5.74, 6) is 0.166. The summed E-state index contributed by atoms with van der Waals surface area (Å²) in [5, 5.41) is 0. The Morgan fingerprint density at radius 1 is 1.23 bits per heavy atom. The molecular weight excluding hydrogens is 276 g/mol. The molecule has 2 aromatic rings. The van der Waals surface area contributed by atoms with Crippen molar-refractivity contribution in [2.45, 2.75) is 25.3 Å². The van der Waals surface area contributed by atoms with Crippen molar-refractivity contribution < 1.29 is 9.53 Å². The Morgan fingerprint density at radius 2 is 2.05 bits per heavy atom. The van der Waals surface area contributed by atoms with Crippen molar-refractivity contribution in [1.29, 1.82) is 0 Å². The number of anilines is 1. The van der Waals surface area contributed by atoms with Crippen molar-refractivity contribution >= 4 is 11.6 Å². The van der Waals surface area contributed by atoms with Gasteiger partial charge in [0.25, 0.3) is 0 Å². The van der Waals surface area contributed by atoms with E-state index in [4.69, 9.17) is 4.74 Å². The van der Waals surface area contributed by atoms with Crippen molar-refractivity contribution in [2.75, 3.05) is 18.1 Å². The Morgan fingerprint density at radius 3 is 2.68 bits per heavy atom. The number of fused-ring (bicyclic) bond motifs is 1. The summed E-state index contributed by atoms with van der Waals surface area (Å²) in [6, 6.07) is 10.4. The van der Waals surface area contributed by atoms with Crippen LogP contribution in [-0.2, 0) is 14.9 Å². The lowest BCUT2D eigenvalue weighted by Crippen LogP contribution is -2.52. The van der Waals surface area contributed by atoms with E-state index in [1.165, 1.54) is 0 Å². The van der Waals surface area contributed by atoms with Gasteiger partial charge < -0.3 is 9.64 Å². The molecule has 0 aliphatic carbocycles. The molecule has 1 fully saturated rings. The molecule has 4 nitrogen and oxygen atoms in total. The van der Waals surface area contributed by atoms with Gasteiger partial charge in [0.15, 0.2) is 0 Å². The van der Waals surface area contributed by atoms with Crippen LogP contribution in [0.2, 0.25) is 0 Å². The average molecular weight is 294 g/mol. The largest absolute Gasteiger partial charge is 0.377 e. The standard InChI is InChI=1S/C18H18N2O2/c1-18(2)15-6-5-12(13-4-3-7-19-9-13)8-16(15)20(17(18)21)14-10-22-11-14/h3-9,14H,10-11H2,1-2H3. The minimum Gasteiger partial charge on any atom is -0.377 e. The minimum atomic E-state index is -0.474. The Kier molecular flexibility index (Phi) is 2.84. The topological polar surface area (TPSA) is 42.4 Å². The van der Waals surface area contributed by atoms with Crippen LogP contribution in [-0.4, -0.2) is 30.1 Å². The van der Waals surface area contributed by atoms with Gasteiger partial charge >= 0.3 is 0 Å². The molecule has 112 valence electrons. The Bertz CT molecular complexity index is 736. The minimum absolute atomic E-state index is 0.164. The van der Waals surface area contributed by atoms with Gasteiger partial charge in [0.1, 0.15) is 0 Å². The van der Waals surface area contributed by atoms with Crippen LogP contribution in [0.25, 0.3) is 11.1 Å². The number of pyridine rings is 1. The van der Waals surface area contributed by atoms with Gasteiger partial charge in [-0.05, 0) is 37.1 Å². The summed E-state index contributed by atoms with van der Waals surface area (Å²) in [4.78, 5) is 18.9. The Balaban J connectivity index is 1.84. The van der Waals surface area contributed by atoms with E-state index >= 15 is 0 Å². The molecule has 2 aliphatic rings. The predicted molar refractivity (Wildman–Crippen MR) is 84.8 cm³/mol. The van der Waals surface area contributed by atoms with Crippen LogP contribution < -0.4 is 4.90 Å². The first kappa shape index (κ1) is 13.5. The van der Waals surface area contributed by atoms with Gasteiger partial charge in [-0.2, -0.15) is 0 Å². The van der Waals surface area contributed by atoms with E-state index in [9.17, 15) is 4.79 Å². The zero-order valence-electron chi connectivity index (χ0n) is 12.7. The van der Waals surface area contributed by atoms with Crippen LogP contribution in [0.4, 0.5) is 5.69 Å². The SMILES string of the molecule is CC1(C)C(=O)N(C2COC2)c2cc(-c3cccnc3)ccc21. The van der Waals surface area contributed by atoms with Crippen LogP contribution in [0.3, 0.4) is 0 Å². The second kappa shape index (κ2) is 4.65. The third-order valence-corrected chi connectivity index (χ3v) is 4.66. The number of hydrogen-bond acceptors (Lipinski definition) is 3. The van der Waals surface area contributed by atoms with Crippen molar-refractivity contribution in [2.24, 2.45) is 0 Å². The summed E-state index contributed by atoms with van der Waals surface area (Å²) in [6.45, 7) is 5.24. The van der Waals surface area contributed by atoms with E-state index in [0.717, 1.165) is 22.4 Å². The third-order valence-electron chi connectivity index (χ3n) is 4.66. The maximum absolute atomic E-state index is 12.8. The van der Waals surface area contributed by atoms with Crippen molar-refractivity contribution in [1.82, 2.24) is 4.98 Å². The molecule has 0 unspecified atom stereocenters. The molecule has 4 heteroatoms. The molecule has 0 atom stereocenters. The number of carbonyl (C=O) groups is 1. The van der Waals surface area contributed by atoms with Gasteiger partial charge in [-0.25, -0.2) is 0 Å². The molecule has 4 rings (SSSR count).